The maximum absolute atomic E-state index is 14.2. The van der Waals surface area contributed by atoms with Crippen LogP contribution in [0.4, 0.5) is 13.2 Å². The summed E-state index contributed by atoms with van der Waals surface area (Å²) in [6.45, 7) is 2.64. The van der Waals surface area contributed by atoms with Gasteiger partial charge in [0.1, 0.15) is 5.84 Å². The second-order valence-corrected chi connectivity index (χ2v) is 8.50. The highest BCUT2D eigenvalue weighted by atomic mass is 35.5. The molecular formula is C21H18Cl2F3N3O2. The van der Waals surface area contributed by atoms with Gasteiger partial charge in [-0.3, -0.25) is 4.79 Å². The molecule has 2 aromatic carbocycles. The number of nitrogens with one attached hydrogen (secondary N) is 1. The fourth-order valence-corrected chi connectivity index (χ4v) is 4.34. The van der Waals surface area contributed by atoms with E-state index in [4.69, 9.17) is 28.0 Å². The smallest absolute Gasteiger partial charge is 0.372 e. The molecular weight excluding hydrogens is 454 g/mol. The standard InChI is InChI=1S/C21H18Cl2F3N3O2/c1-12(30)27-9-13-2-3-14-10-29(11-15(14)4-13)19-8-20(31-28-19,21(24,25)26)16-5-17(22)7-18(23)6-16/h2-7H,8-11H2,1H3,(H,27,30). The molecule has 0 spiro atoms. The van der Waals surface area contributed by atoms with Gasteiger partial charge in [-0.2, -0.15) is 13.2 Å². The summed E-state index contributed by atoms with van der Waals surface area (Å²) in [6.07, 6.45) is -5.22. The highest BCUT2D eigenvalue weighted by molar-refractivity contribution is 6.34. The van der Waals surface area contributed by atoms with E-state index < -0.39 is 18.2 Å². The maximum atomic E-state index is 14.2. The molecule has 1 unspecified atom stereocenters. The van der Waals surface area contributed by atoms with Crippen molar-refractivity contribution < 1.29 is 22.8 Å². The quantitative estimate of drug-likeness (QED) is 0.674. The molecule has 2 aromatic rings. The summed E-state index contributed by atoms with van der Waals surface area (Å²) < 4.78 is 42.5. The average molecular weight is 472 g/mol. The molecule has 0 aliphatic carbocycles. The topological polar surface area (TPSA) is 53.9 Å². The Morgan fingerprint density at radius 2 is 1.84 bits per heavy atom. The van der Waals surface area contributed by atoms with Crippen LogP contribution >= 0.6 is 23.2 Å². The van der Waals surface area contributed by atoms with Gasteiger partial charge in [0.2, 0.25) is 5.91 Å². The van der Waals surface area contributed by atoms with Crippen molar-refractivity contribution in [2.75, 3.05) is 0 Å². The molecule has 0 aromatic heterocycles. The van der Waals surface area contributed by atoms with Crippen LogP contribution in [0.15, 0.2) is 41.6 Å². The number of benzene rings is 2. The van der Waals surface area contributed by atoms with Gasteiger partial charge in [0.15, 0.2) is 0 Å². The van der Waals surface area contributed by atoms with Crippen LogP contribution in [-0.2, 0) is 34.9 Å². The summed E-state index contributed by atoms with van der Waals surface area (Å²) in [5.74, 6) is 0.0669. The zero-order chi connectivity index (χ0) is 22.4. The van der Waals surface area contributed by atoms with Crippen LogP contribution in [0.2, 0.25) is 10.0 Å². The molecule has 10 heteroatoms. The largest absolute Gasteiger partial charge is 0.435 e. The van der Waals surface area contributed by atoms with E-state index in [1.54, 1.807) is 4.90 Å². The molecule has 0 bridgehead atoms. The molecule has 1 N–H and O–H groups in total. The van der Waals surface area contributed by atoms with Crippen LogP contribution in [0.3, 0.4) is 0 Å². The Morgan fingerprint density at radius 3 is 2.48 bits per heavy atom. The minimum Gasteiger partial charge on any atom is -0.372 e. The lowest BCUT2D eigenvalue weighted by Crippen LogP contribution is -2.43. The maximum Gasteiger partial charge on any atom is 0.435 e. The van der Waals surface area contributed by atoms with E-state index in [9.17, 15) is 18.0 Å². The van der Waals surface area contributed by atoms with Gasteiger partial charge in [0.25, 0.3) is 5.60 Å². The summed E-state index contributed by atoms with van der Waals surface area (Å²) in [5, 5.41) is 6.72. The van der Waals surface area contributed by atoms with Crippen molar-refractivity contribution in [1.29, 1.82) is 0 Å². The Kier molecular flexibility index (Phi) is 5.55. The van der Waals surface area contributed by atoms with Gasteiger partial charge in [-0.1, -0.05) is 46.6 Å². The van der Waals surface area contributed by atoms with Gasteiger partial charge in [-0.15, -0.1) is 0 Å². The summed E-state index contributed by atoms with van der Waals surface area (Å²) in [6, 6.07) is 9.51. The third-order valence-corrected chi connectivity index (χ3v) is 5.84. The SMILES string of the molecule is CC(=O)NCc1ccc2c(c1)CN(C1=NOC(c3cc(Cl)cc(Cl)c3)(C(F)(F)F)C1)C2. The summed E-state index contributed by atoms with van der Waals surface area (Å²) in [4.78, 5) is 17.9. The van der Waals surface area contributed by atoms with Crippen LogP contribution in [0.1, 0.15) is 35.6 Å². The van der Waals surface area contributed by atoms with E-state index in [0.717, 1.165) is 16.7 Å². The number of amidine groups is 1. The van der Waals surface area contributed by atoms with E-state index >= 15 is 0 Å². The van der Waals surface area contributed by atoms with Crippen molar-refractivity contribution in [1.82, 2.24) is 10.2 Å². The molecule has 0 saturated carbocycles. The van der Waals surface area contributed by atoms with Crippen molar-refractivity contribution in [3.63, 3.8) is 0 Å². The molecule has 2 heterocycles. The number of carbonyl (C=O) groups is 1. The number of carbonyl (C=O) groups excluding carboxylic acids is 1. The molecule has 2 aliphatic rings. The highest BCUT2D eigenvalue weighted by Gasteiger charge is 2.63. The molecule has 164 valence electrons. The van der Waals surface area contributed by atoms with Crippen LogP contribution in [0.5, 0.6) is 0 Å². The van der Waals surface area contributed by atoms with Crippen molar-refractivity contribution in [2.45, 2.75) is 44.8 Å². The number of oxime groups is 1. The molecule has 1 amide bonds. The van der Waals surface area contributed by atoms with E-state index in [0.29, 0.717) is 19.6 Å². The number of hydrogen-bond acceptors (Lipinski definition) is 4. The lowest BCUT2D eigenvalue weighted by Gasteiger charge is -2.30. The molecule has 4 rings (SSSR count). The summed E-state index contributed by atoms with van der Waals surface area (Å²) >= 11 is 11.9. The highest BCUT2D eigenvalue weighted by Crippen LogP contribution is 2.49. The monoisotopic (exact) mass is 471 g/mol. The number of hydrogen-bond donors (Lipinski definition) is 1. The minimum absolute atomic E-state index is 0.0865. The van der Waals surface area contributed by atoms with Gasteiger partial charge in [0, 0.05) is 42.2 Å². The lowest BCUT2D eigenvalue weighted by molar-refractivity contribution is -0.275. The summed E-state index contributed by atoms with van der Waals surface area (Å²) in [5.41, 5.74) is 0.0389. The number of alkyl halides is 3. The number of fused-ring (bicyclic) bond motifs is 1. The second kappa shape index (κ2) is 7.91. The first-order valence-corrected chi connectivity index (χ1v) is 10.2. The first-order chi connectivity index (χ1) is 14.6. The predicted molar refractivity (Wildman–Crippen MR) is 111 cm³/mol. The van der Waals surface area contributed by atoms with E-state index in [1.807, 2.05) is 18.2 Å². The van der Waals surface area contributed by atoms with Gasteiger partial charge >= 0.3 is 6.18 Å². The van der Waals surface area contributed by atoms with Crippen molar-refractivity contribution in [3.8, 4) is 0 Å². The van der Waals surface area contributed by atoms with Gasteiger partial charge in [0.05, 0.1) is 6.42 Å². The Balaban J connectivity index is 1.56. The normalized spacial score (nSPS) is 20.3. The first-order valence-electron chi connectivity index (χ1n) is 9.46. The van der Waals surface area contributed by atoms with Crippen molar-refractivity contribution >= 4 is 34.9 Å². The van der Waals surface area contributed by atoms with Gasteiger partial charge < -0.3 is 15.1 Å². The van der Waals surface area contributed by atoms with E-state index in [2.05, 4.69) is 10.5 Å². The first kappa shape index (κ1) is 21.8. The third kappa shape index (κ3) is 4.19. The molecule has 0 saturated heterocycles. The Labute approximate surface area is 186 Å². The number of rotatable bonds is 3. The molecule has 2 aliphatic heterocycles. The molecule has 1 atom stereocenters. The zero-order valence-electron chi connectivity index (χ0n) is 16.4. The van der Waals surface area contributed by atoms with E-state index in [-0.39, 0.29) is 27.4 Å². The van der Waals surface area contributed by atoms with Gasteiger partial charge in [-0.25, -0.2) is 0 Å². The van der Waals surface area contributed by atoms with Crippen LogP contribution in [0, 0.1) is 0 Å². The third-order valence-electron chi connectivity index (χ3n) is 5.40. The van der Waals surface area contributed by atoms with E-state index in [1.165, 1.54) is 25.1 Å². The van der Waals surface area contributed by atoms with Crippen molar-refractivity contribution in [2.24, 2.45) is 5.16 Å². The number of amides is 1. The Morgan fingerprint density at radius 1 is 1.16 bits per heavy atom. The Bertz CT molecular complexity index is 1050. The van der Waals surface area contributed by atoms with Crippen LogP contribution in [-0.4, -0.2) is 22.8 Å². The predicted octanol–water partition coefficient (Wildman–Crippen LogP) is 5.14. The van der Waals surface area contributed by atoms with Crippen LogP contribution < -0.4 is 5.32 Å². The lowest BCUT2D eigenvalue weighted by atomic mass is 9.89. The fourth-order valence-electron chi connectivity index (χ4n) is 3.81. The number of nitrogens with zero attached hydrogens (tertiary/aromatic N) is 2. The van der Waals surface area contributed by atoms with Gasteiger partial charge in [-0.05, 0) is 34.9 Å². The molecule has 0 fully saturated rings. The zero-order valence-corrected chi connectivity index (χ0v) is 17.9. The Hall–Kier alpha value is -2.45. The minimum atomic E-state index is -4.73. The second-order valence-electron chi connectivity index (χ2n) is 7.63. The number of halogens is 5. The summed E-state index contributed by atoms with van der Waals surface area (Å²) in [7, 11) is 0. The molecule has 5 nitrogen and oxygen atoms in total. The van der Waals surface area contributed by atoms with Crippen molar-refractivity contribution in [3.05, 3.63) is 68.7 Å². The average Bonchev–Trinajstić information content (AvgIpc) is 3.30. The molecule has 0 radical (unpaired) electrons. The fraction of sp³-hybridized carbons (Fsp3) is 0.333. The van der Waals surface area contributed by atoms with Crippen LogP contribution in [0.25, 0.3) is 0 Å². The molecule has 31 heavy (non-hydrogen) atoms.